The van der Waals surface area contributed by atoms with Gasteiger partial charge in [0.05, 0.1) is 17.6 Å². The largest absolute Gasteiger partial charge is 0.370 e. The summed E-state index contributed by atoms with van der Waals surface area (Å²) in [5.74, 6) is -0.152. The number of aliphatic imine (C=N–C) groups is 2. The van der Waals surface area contributed by atoms with E-state index in [9.17, 15) is 0 Å². The van der Waals surface area contributed by atoms with Crippen LogP contribution in [0.25, 0.3) is 28.0 Å². The summed E-state index contributed by atoms with van der Waals surface area (Å²) in [6, 6.07) is 19.5. The predicted octanol–water partition coefficient (Wildman–Crippen LogP) is 2.28. The van der Waals surface area contributed by atoms with Crippen molar-refractivity contribution in [3.8, 4) is 22.4 Å². The lowest BCUT2D eigenvalue weighted by Crippen LogP contribution is -2.26. The second-order valence-electron chi connectivity index (χ2n) is 6.05. The number of nitrogens with two attached hydrogens (primary N) is 3. The molecule has 6 N–H and O–H groups in total. The normalized spacial score (nSPS) is 11.5. The van der Waals surface area contributed by atoms with E-state index in [4.69, 9.17) is 17.2 Å². The molecule has 0 unspecified atom stereocenters. The van der Waals surface area contributed by atoms with Crippen LogP contribution in [0.5, 0.6) is 0 Å². The van der Waals surface area contributed by atoms with Gasteiger partial charge in [-0.25, -0.2) is 14.5 Å². The second-order valence-corrected chi connectivity index (χ2v) is 6.05. The summed E-state index contributed by atoms with van der Waals surface area (Å²) in [7, 11) is 0. The van der Waals surface area contributed by atoms with Crippen molar-refractivity contribution < 1.29 is 0 Å². The molecule has 0 fully saturated rings. The number of nitrogens with zero attached hydrogens (tertiary/aromatic N) is 5. The lowest BCUT2D eigenvalue weighted by Gasteiger charge is -2.06. The highest BCUT2D eigenvalue weighted by Crippen LogP contribution is 2.28. The summed E-state index contributed by atoms with van der Waals surface area (Å²) >= 11 is 0. The Hall–Kier alpha value is -4.20. The van der Waals surface area contributed by atoms with Crippen LogP contribution in [0.15, 0.2) is 83.0 Å². The molecular weight excluding hydrogens is 352 g/mol. The second kappa shape index (κ2) is 7.20. The summed E-state index contributed by atoms with van der Waals surface area (Å²) in [4.78, 5) is 12.5. The highest BCUT2D eigenvalue weighted by atomic mass is 15.3. The Kier molecular flexibility index (Phi) is 4.43. The Morgan fingerprint density at radius 2 is 1.68 bits per heavy atom. The van der Waals surface area contributed by atoms with Gasteiger partial charge in [-0.1, -0.05) is 42.5 Å². The number of hydrogen-bond donors (Lipinski definition) is 3. The van der Waals surface area contributed by atoms with Crippen LogP contribution in [0.4, 0.5) is 5.69 Å². The number of hydrogen-bond acceptors (Lipinski definition) is 3. The molecule has 4 aromatic rings. The smallest absolute Gasteiger partial charge is 0.223 e. The van der Waals surface area contributed by atoms with Gasteiger partial charge < -0.3 is 17.2 Å². The molecule has 0 bridgehead atoms. The summed E-state index contributed by atoms with van der Waals surface area (Å²) in [5, 5.41) is 4.54. The fraction of sp³-hybridized carbons (Fsp3) is 0. The zero-order chi connectivity index (χ0) is 19.5. The Labute approximate surface area is 161 Å². The van der Waals surface area contributed by atoms with Crippen molar-refractivity contribution in [3.63, 3.8) is 0 Å². The molecule has 0 atom stereocenters. The zero-order valence-corrected chi connectivity index (χ0v) is 14.9. The molecule has 2 heterocycles. The highest BCUT2D eigenvalue weighted by molar-refractivity contribution is 5.93. The van der Waals surface area contributed by atoms with Gasteiger partial charge in [-0.2, -0.15) is 10.1 Å². The molecule has 2 aromatic carbocycles. The van der Waals surface area contributed by atoms with E-state index in [2.05, 4.69) is 20.1 Å². The Bertz CT molecular complexity index is 1190. The fourth-order valence-corrected chi connectivity index (χ4v) is 2.96. The van der Waals surface area contributed by atoms with Crippen LogP contribution in [0.1, 0.15) is 0 Å². The maximum absolute atomic E-state index is 5.73. The van der Waals surface area contributed by atoms with Crippen LogP contribution >= 0.6 is 0 Å². The van der Waals surface area contributed by atoms with E-state index in [0.29, 0.717) is 5.69 Å². The minimum absolute atomic E-state index is 0.0116. The van der Waals surface area contributed by atoms with Crippen LogP contribution in [0, 0.1) is 0 Å². The first-order chi connectivity index (χ1) is 13.6. The van der Waals surface area contributed by atoms with Gasteiger partial charge in [0.15, 0.2) is 11.6 Å². The van der Waals surface area contributed by atoms with E-state index in [1.165, 1.54) is 0 Å². The SMILES string of the molecule is NC(N)=NC(N)=Nc1cccc(-c2ccnc3c(-c4ccccc4)cnn23)c1. The molecule has 8 nitrogen and oxygen atoms in total. The standard InChI is InChI=1S/C20H18N8/c21-19(22)27-20(23)26-15-8-4-7-14(11-15)17-9-10-24-18-16(12-25-28(17)18)13-5-2-1-3-6-13/h1-12H,(H6,21,22,23,26,27). The van der Waals surface area contributed by atoms with E-state index in [1.807, 2.05) is 71.4 Å². The minimum Gasteiger partial charge on any atom is -0.370 e. The van der Waals surface area contributed by atoms with Crippen molar-refractivity contribution in [2.45, 2.75) is 0 Å². The maximum atomic E-state index is 5.73. The van der Waals surface area contributed by atoms with E-state index in [0.717, 1.165) is 28.0 Å². The summed E-state index contributed by atoms with van der Waals surface area (Å²) in [6.45, 7) is 0. The van der Waals surface area contributed by atoms with Crippen molar-refractivity contribution in [2.75, 3.05) is 0 Å². The topological polar surface area (TPSA) is 133 Å². The monoisotopic (exact) mass is 370 g/mol. The molecule has 2 aromatic heterocycles. The predicted molar refractivity (Wildman–Crippen MR) is 111 cm³/mol. The number of guanidine groups is 2. The molecule has 28 heavy (non-hydrogen) atoms. The third-order valence-electron chi connectivity index (χ3n) is 4.12. The number of aromatic nitrogens is 3. The summed E-state index contributed by atoms with van der Waals surface area (Å²) < 4.78 is 1.81. The van der Waals surface area contributed by atoms with E-state index >= 15 is 0 Å². The number of fused-ring (bicyclic) bond motifs is 1. The van der Waals surface area contributed by atoms with Crippen LogP contribution in [0.3, 0.4) is 0 Å². The van der Waals surface area contributed by atoms with Crippen molar-refractivity contribution in [3.05, 3.63) is 73.1 Å². The fourth-order valence-electron chi connectivity index (χ4n) is 2.96. The average molecular weight is 370 g/mol. The van der Waals surface area contributed by atoms with Gasteiger partial charge in [0.1, 0.15) is 0 Å². The maximum Gasteiger partial charge on any atom is 0.223 e. The molecule has 0 aliphatic heterocycles. The van der Waals surface area contributed by atoms with Gasteiger partial charge in [0, 0.05) is 17.3 Å². The van der Waals surface area contributed by atoms with Gasteiger partial charge in [-0.05, 0) is 23.8 Å². The summed E-state index contributed by atoms with van der Waals surface area (Å²) in [6.07, 6.45) is 3.59. The molecule has 0 saturated carbocycles. The van der Waals surface area contributed by atoms with Crippen molar-refractivity contribution in [1.29, 1.82) is 0 Å². The first-order valence-electron chi connectivity index (χ1n) is 8.54. The lowest BCUT2D eigenvalue weighted by molar-refractivity contribution is 0.948. The Balaban J connectivity index is 1.80. The molecule has 0 aliphatic carbocycles. The summed E-state index contributed by atoms with van der Waals surface area (Å²) in [5.41, 5.74) is 21.6. The van der Waals surface area contributed by atoms with Crippen LogP contribution in [0.2, 0.25) is 0 Å². The van der Waals surface area contributed by atoms with E-state index in [-0.39, 0.29) is 11.9 Å². The van der Waals surface area contributed by atoms with Crippen molar-refractivity contribution in [1.82, 2.24) is 14.6 Å². The molecule has 138 valence electrons. The molecule has 0 saturated heterocycles. The highest BCUT2D eigenvalue weighted by Gasteiger charge is 2.11. The molecule has 4 rings (SSSR count). The molecule has 0 spiro atoms. The van der Waals surface area contributed by atoms with Gasteiger partial charge in [-0.3, -0.25) is 0 Å². The van der Waals surface area contributed by atoms with Crippen LogP contribution in [-0.2, 0) is 0 Å². The molecular formula is C20H18N8. The van der Waals surface area contributed by atoms with Crippen molar-refractivity contribution >= 4 is 23.3 Å². The number of benzene rings is 2. The molecule has 8 heteroatoms. The zero-order valence-electron chi connectivity index (χ0n) is 14.9. The Morgan fingerprint density at radius 1 is 0.893 bits per heavy atom. The Morgan fingerprint density at radius 3 is 2.46 bits per heavy atom. The average Bonchev–Trinajstić information content (AvgIpc) is 3.12. The van der Waals surface area contributed by atoms with Crippen LogP contribution in [-0.4, -0.2) is 26.5 Å². The van der Waals surface area contributed by atoms with Gasteiger partial charge >= 0.3 is 0 Å². The van der Waals surface area contributed by atoms with Gasteiger partial charge in [0.2, 0.25) is 5.96 Å². The van der Waals surface area contributed by atoms with Crippen LogP contribution < -0.4 is 17.2 Å². The number of rotatable bonds is 3. The third-order valence-corrected chi connectivity index (χ3v) is 4.12. The lowest BCUT2D eigenvalue weighted by atomic mass is 10.1. The minimum atomic E-state index is -0.141. The molecule has 0 radical (unpaired) electrons. The van der Waals surface area contributed by atoms with Crippen molar-refractivity contribution in [2.24, 2.45) is 27.2 Å². The quantitative estimate of drug-likeness (QED) is 0.376. The first kappa shape index (κ1) is 17.2. The molecule has 0 amide bonds. The van der Waals surface area contributed by atoms with Gasteiger partial charge in [0.25, 0.3) is 0 Å². The first-order valence-corrected chi connectivity index (χ1v) is 8.54. The van der Waals surface area contributed by atoms with Gasteiger partial charge in [-0.15, -0.1) is 0 Å². The van der Waals surface area contributed by atoms with E-state index < -0.39 is 0 Å². The van der Waals surface area contributed by atoms with E-state index in [1.54, 1.807) is 6.20 Å². The third kappa shape index (κ3) is 3.38. The molecule has 0 aliphatic rings.